The summed E-state index contributed by atoms with van der Waals surface area (Å²) in [4.78, 5) is 26.1. The van der Waals surface area contributed by atoms with Crippen molar-refractivity contribution >= 4 is 34.7 Å². The predicted octanol–water partition coefficient (Wildman–Crippen LogP) is 2.19. The monoisotopic (exact) mass is 436 g/mol. The molecule has 31 heavy (non-hydrogen) atoms. The van der Waals surface area contributed by atoms with Crippen LogP contribution in [0.3, 0.4) is 0 Å². The quantitative estimate of drug-likeness (QED) is 0.565. The van der Waals surface area contributed by atoms with Crippen LogP contribution in [0.5, 0.6) is 11.5 Å². The molecule has 1 aliphatic carbocycles. The second kappa shape index (κ2) is 8.00. The molecule has 3 aromatic rings. The summed E-state index contributed by atoms with van der Waals surface area (Å²) < 4.78 is 12.8. The van der Waals surface area contributed by atoms with Gasteiger partial charge in [0.25, 0.3) is 0 Å². The first kappa shape index (κ1) is 19.5. The molecule has 2 aliphatic rings. The zero-order valence-corrected chi connectivity index (χ0v) is 17.4. The van der Waals surface area contributed by atoms with Gasteiger partial charge in [-0.2, -0.15) is 0 Å². The molecule has 1 amide bonds. The number of nitrogens with one attached hydrogen (secondary N) is 1. The van der Waals surface area contributed by atoms with E-state index in [2.05, 4.69) is 26.2 Å². The number of rotatable bonds is 6. The fourth-order valence-corrected chi connectivity index (χ4v) is 4.55. The fourth-order valence-electron chi connectivity index (χ4n) is 3.54. The number of nitrogens with zero attached hydrogens (tertiary/aromatic N) is 4. The van der Waals surface area contributed by atoms with Crippen LogP contribution in [0, 0.1) is 18.3 Å². The lowest BCUT2D eigenvalue weighted by molar-refractivity contribution is -0.127. The third kappa shape index (κ3) is 3.61. The van der Waals surface area contributed by atoms with Crippen LogP contribution in [-0.4, -0.2) is 38.8 Å². The number of benzene rings is 1. The molecule has 0 radical (unpaired) electrons. The van der Waals surface area contributed by atoms with Gasteiger partial charge in [-0.3, -0.25) is 4.79 Å². The van der Waals surface area contributed by atoms with Crippen molar-refractivity contribution in [1.82, 2.24) is 24.8 Å². The summed E-state index contributed by atoms with van der Waals surface area (Å²) in [6.07, 6.45) is 10.2. The molecule has 10 heteroatoms. The molecule has 0 unspecified atom stereocenters. The molecule has 3 N–H and O–H groups in total. The van der Waals surface area contributed by atoms with Crippen molar-refractivity contribution in [3.05, 3.63) is 24.0 Å². The number of amides is 1. The third-order valence-corrected chi connectivity index (χ3v) is 6.52. The van der Waals surface area contributed by atoms with Gasteiger partial charge in [0.15, 0.2) is 33.6 Å². The van der Waals surface area contributed by atoms with Gasteiger partial charge in [-0.15, -0.1) is 6.42 Å². The van der Waals surface area contributed by atoms with Gasteiger partial charge in [-0.25, -0.2) is 15.0 Å². The van der Waals surface area contributed by atoms with E-state index in [1.807, 2.05) is 10.6 Å². The van der Waals surface area contributed by atoms with E-state index in [-0.39, 0.29) is 18.6 Å². The number of nitrogens with two attached hydrogens (primary N) is 1. The van der Waals surface area contributed by atoms with Gasteiger partial charge in [0.1, 0.15) is 6.33 Å². The average Bonchev–Trinajstić information content (AvgIpc) is 3.31. The van der Waals surface area contributed by atoms with Gasteiger partial charge in [0.05, 0.1) is 0 Å². The summed E-state index contributed by atoms with van der Waals surface area (Å²) in [5.41, 5.74) is 7.82. The molecule has 158 valence electrons. The van der Waals surface area contributed by atoms with E-state index in [0.29, 0.717) is 52.3 Å². The van der Waals surface area contributed by atoms with Crippen LogP contribution in [0.25, 0.3) is 11.2 Å². The number of imidazole rings is 1. The third-order valence-electron chi connectivity index (χ3n) is 5.47. The van der Waals surface area contributed by atoms with Crippen LogP contribution in [0.15, 0.2) is 28.5 Å². The van der Waals surface area contributed by atoms with E-state index < -0.39 is 0 Å². The SMILES string of the molecule is C#Cc1cc2c(cc1Sc1nc3c(N)ncnc3n1CCNC(=O)C1CCC1)OCO2. The maximum Gasteiger partial charge on any atom is 0.231 e. The van der Waals surface area contributed by atoms with Crippen molar-refractivity contribution in [3.63, 3.8) is 0 Å². The molecule has 1 saturated carbocycles. The Kier molecular flexibility index (Phi) is 5.03. The number of anilines is 1. The number of hydrogen-bond donors (Lipinski definition) is 2. The summed E-state index contributed by atoms with van der Waals surface area (Å²) in [6.45, 7) is 1.11. The van der Waals surface area contributed by atoms with E-state index in [4.69, 9.17) is 21.6 Å². The van der Waals surface area contributed by atoms with Gasteiger partial charge in [0.2, 0.25) is 12.7 Å². The average molecular weight is 436 g/mol. The largest absolute Gasteiger partial charge is 0.454 e. The Hall–Kier alpha value is -3.45. The van der Waals surface area contributed by atoms with Gasteiger partial charge in [-0.05, 0) is 18.9 Å². The number of hydrogen-bond acceptors (Lipinski definition) is 8. The minimum absolute atomic E-state index is 0.101. The first-order chi connectivity index (χ1) is 15.1. The van der Waals surface area contributed by atoms with Gasteiger partial charge in [-0.1, -0.05) is 24.1 Å². The van der Waals surface area contributed by atoms with Crippen LogP contribution in [0.1, 0.15) is 24.8 Å². The summed E-state index contributed by atoms with van der Waals surface area (Å²) in [7, 11) is 0. The summed E-state index contributed by atoms with van der Waals surface area (Å²) >= 11 is 1.38. The summed E-state index contributed by atoms with van der Waals surface area (Å²) in [5.74, 6) is 4.49. The summed E-state index contributed by atoms with van der Waals surface area (Å²) in [6, 6.07) is 3.63. The molecule has 1 fully saturated rings. The second-order valence-electron chi connectivity index (χ2n) is 7.34. The predicted molar refractivity (Wildman–Crippen MR) is 115 cm³/mol. The zero-order valence-electron chi connectivity index (χ0n) is 16.6. The molecule has 0 saturated heterocycles. The van der Waals surface area contributed by atoms with E-state index in [1.165, 1.54) is 18.1 Å². The smallest absolute Gasteiger partial charge is 0.231 e. The van der Waals surface area contributed by atoms with E-state index in [1.54, 1.807) is 6.07 Å². The maximum atomic E-state index is 12.2. The maximum absolute atomic E-state index is 12.2. The van der Waals surface area contributed by atoms with Crippen molar-refractivity contribution in [2.75, 3.05) is 19.1 Å². The molecule has 1 aliphatic heterocycles. The van der Waals surface area contributed by atoms with E-state index in [9.17, 15) is 4.79 Å². The zero-order chi connectivity index (χ0) is 21.4. The number of carbonyl (C=O) groups excluding carboxylic acids is 1. The molecule has 0 spiro atoms. The Labute approximate surface area is 182 Å². The first-order valence-corrected chi connectivity index (χ1v) is 10.8. The van der Waals surface area contributed by atoms with Gasteiger partial charge < -0.3 is 25.1 Å². The highest BCUT2D eigenvalue weighted by Crippen LogP contribution is 2.41. The number of ether oxygens (including phenoxy) is 2. The highest BCUT2D eigenvalue weighted by molar-refractivity contribution is 7.99. The molecule has 3 heterocycles. The second-order valence-corrected chi connectivity index (χ2v) is 8.35. The minimum Gasteiger partial charge on any atom is -0.454 e. The lowest BCUT2D eigenvalue weighted by atomic mass is 9.85. The number of aromatic nitrogens is 4. The van der Waals surface area contributed by atoms with Crippen LogP contribution < -0.4 is 20.5 Å². The van der Waals surface area contributed by atoms with E-state index >= 15 is 0 Å². The Morgan fingerprint density at radius 1 is 1.32 bits per heavy atom. The Bertz CT molecular complexity index is 1210. The molecular formula is C21H20N6O3S. The van der Waals surface area contributed by atoms with Crippen molar-refractivity contribution < 1.29 is 14.3 Å². The molecule has 9 nitrogen and oxygen atoms in total. The van der Waals surface area contributed by atoms with Crippen LogP contribution in [0.4, 0.5) is 5.82 Å². The Balaban J connectivity index is 1.45. The van der Waals surface area contributed by atoms with Crippen molar-refractivity contribution in [1.29, 1.82) is 0 Å². The molecule has 2 aromatic heterocycles. The van der Waals surface area contributed by atoms with Crippen molar-refractivity contribution in [2.45, 2.75) is 35.9 Å². The van der Waals surface area contributed by atoms with Crippen LogP contribution >= 0.6 is 11.8 Å². The van der Waals surface area contributed by atoms with Crippen molar-refractivity contribution in [3.8, 4) is 23.8 Å². The topological polar surface area (TPSA) is 117 Å². The van der Waals surface area contributed by atoms with Crippen LogP contribution in [-0.2, 0) is 11.3 Å². The molecule has 5 rings (SSSR count). The lowest BCUT2D eigenvalue weighted by Gasteiger charge is -2.24. The highest BCUT2D eigenvalue weighted by atomic mass is 32.2. The normalized spacial score (nSPS) is 14.9. The fraction of sp³-hybridized carbons (Fsp3) is 0.333. The standard InChI is InChI=1S/C21H20N6O3S/c1-2-12-8-14-15(30-11-29-14)9-16(12)31-21-26-17-18(22)24-10-25-19(17)27(21)7-6-23-20(28)13-4-3-5-13/h1,8-10,13H,3-7,11H2,(H,23,28)(H2,22,24,25). The minimum atomic E-state index is 0.101. The molecule has 0 atom stereocenters. The number of fused-ring (bicyclic) bond motifs is 2. The first-order valence-electron chi connectivity index (χ1n) is 9.96. The Morgan fingerprint density at radius 2 is 2.13 bits per heavy atom. The molecule has 1 aromatic carbocycles. The molecule has 0 bridgehead atoms. The van der Waals surface area contributed by atoms with Gasteiger partial charge in [0, 0.05) is 35.5 Å². The molecular weight excluding hydrogens is 416 g/mol. The number of nitrogen functional groups attached to an aromatic ring is 1. The number of terminal acetylenes is 1. The van der Waals surface area contributed by atoms with Gasteiger partial charge >= 0.3 is 0 Å². The highest BCUT2D eigenvalue weighted by Gasteiger charge is 2.25. The Morgan fingerprint density at radius 3 is 2.87 bits per heavy atom. The summed E-state index contributed by atoms with van der Waals surface area (Å²) in [5, 5.41) is 3.66. The lowest BCUT2D eigenvalue weighted by Crippen LogP contribution is -2.36. The van der Waals surface area contributed by atoms with Crippen LogP contribution in [0.2, 0.25) is 0 Å². The van der Waals surface area contributed by atoms with Crippen molar-refractivity contribution in [2.24, 2.45) is 5.92 Å². The van der Waals surface area contributed by atoms with E-state index in [0.717, 1.165) is 24.2 Å². The number of carbonyl (C=O) groups is 1.